The SMILES string of the molecule is c1ccc(-c2nc(-c3ccc(-c4nc5ccccc5c5oc6ccccc6c45)c4ccccc34)nc(-c3cccc4c3sc3ccccc34)n2)cc1. The van der Waals surface area contributed by atoms with Crippen LogP contribution in [0.3, 0.4) is 0 Å². The molecule has 0 amide bonds. The molecule has 6 heteroatoms. The number of furan rings is 1. The Morgan fingerprint density at radius 2 is 1.02 bits per heavy atom. The summed E-state index contributed by atoms with van der Waals surface area (Å²) in [6.07, 6.45) is 0. The molecule has 52 heavy (non-hydrogen) atoms. The summed E-state index contributed by atoms with van der Waals surface area (Å²) in [5.74, 6) is 1.90. The Morgan fingerprint density at radius 1 is 0.404 bits per heavy atom. The van der Waals surface area contributed by atoms with Crippen LogP contribution in [-0.2, 0) is 0 Å². The predicted octanol–water partition coefficient (Wildman–Crippen LogP) is 12.5. The van der Waals surface area contributed by atoms with Gasteiger partial charge in [-0.15, -0.1) is 11.3 Å². The zero-order valence-corrected chi connectivity index (χ0v) is 28.4. The lowest BCUT2D eigenvalue weighted by Gasteiger charge is -2.14. The van der Waals surface area contributed by atoms with Gasteiger partial charge >= 0.3 is 0 Å². The van der Waals surface area contributed by atoms with Crippen molar-refractivity contribution >= 4 is 75.1 Å². The van der Waals surface area contributed by atoms with Gasteiger partial charge in [-0.1, -0.05) is 121 Å². The Kier molecular flexibility index (Phi) is 6.35. The van der Waals surface area contributed by atoms with Crippen molar-refractivity contribution in [2.75, 3.05) is 0 Å². The standard InChI is InChI=1S/C46H26N4OS/c1-2-13-27(14-3-1)44-48-45(50-46(49-44)36-21-12-20-32-30-17-8-11-24-39(30)52-43(32)36)33-26-25-31(28-15-4-5-16-29(28)33)41-40-35-19-7-10-23-38(35)51-42(40)34-18-6-9-22-37(34)47-41/h1-26H. The minimum atomic E-state index is 0.620. The minimum absolute atomic E-state index is 0.620. The van der Waals surface area contributed by atoms with Crippen LogP contribution >= 0.6 is 11.3 Å². The van der Waals surface area contributed by atoms with Crippen LogP contribution in [0.1, 0.15) is 0 Å². The first kappa shape index (κ1) is 29.0. The Hall–Kier alpha value is -6.76. The largest absolute Gasteiger partial charge is 0.455 e. The van der Waals surface area contributed by atoms with E-state index in [0.29, 0.717) is 17.5 Å². The van der Waals surface area contributed by atoms with E-state index in [0.717, 1.165) is 71.6 Å². The number of rotatable bonds is 4. The summed E-state index contributed by atoms with van der Waals surface area (Å²) in [7, 11) is 0. The van der Waals surface area contributed by atoms with Gasteiger partial charge in [0.25, 0.3) is 0 Å². The van der Waals surface area contributed by atoms with Crippen LogP contribution in [0.2, 0.25) is 0 Å². The zero-order valence-electron chi connectivity index (χ0n) is 27.6. The Bertz CT molecular complexity index is 3200. The molecule has 0 bridgehead atoms. The molecule has 0 aliphatic rings. The van der Waals surface area contributed by atoms with Crippen molar-refractivity contribution in [3.05, 3.63) is 158 Å². The van der Waals surface area contributed by atoms with Crippen LogP contribution in [0.5, 0.6) is 0 Å². The number of thiophene rings is 1. The maximum Gasteiger partial charge on any atom is 0.165 e. The van der Waals surface area contributed by atoms with E-state index in [9.17, 15) is 0 Å². The van der Waals surface area contributed by atoms with Crippen LogP contribution in [0.4, 0.5) is 0 Å². The average molecular weight is 683 g/mol. The first-order chi connectivity index (χ1) is 25.8. The molecule has 0 aliphatic carbocycles. The van der Waals surface area contributed by atoms with Gasteiger partial charge in [0, 0.05) is 53.2 Å². The van der Waals surface area contributed by atoms with E-state index in [1.54, 1.807) is 11.3 Å². The van der Waals surface area contributed by atoms with Gasteiger partial charge in [0.05, 0.1) is 16.6 Å². The average Bonchev–Trinajstić information content (AvgIpc) is 3.80. The maximum absolute atomic E-state index is 6.53. The Labute approximate surface area is 301 Å². The number of aromatic nitrogens is 4. The monoisotopic (exact) mass is 682 g/mol. The fourth-order valence-corrected chi connectivity index (χ4v) is 8.77. The highest BCUT2D eigenvalue weighted by molar-refractivity contribution is 7.26. The summed E-state index contributed by atoms with van der Waals surface area (Å²) in [6.45, 7) is 0. The van der Waals surface area contributed by atoms with Gasteiger partial charge in [-0.25, -0.2) is 19.9 Å². The van der Waals surface area contributed by atoms with E-state index in [2.05, 4.69) is 115 Å². The van der Waals surface area contributed by atoms with Crippen molar-refractivity contribution in [1.82, 2.24) is 19.9 Å². The normalized spacial score (nSPS) is 11.8. The number of hydrogen-bond acceptors (Lipinski definition) is 6. The molecule has 242 valence electrons. The number of fused-ring (bicyclic) bond motifs is 9. The molecule has 0 spiro atoms. The van der Waals surface area contributed by atoms with Crippen LogP contribution in [-0.4, -0.2) is 19.9 Å². The second-order valence-corrected chi connectivity index (χ2v) is 14.0. The van der Waals surface area contributed by atoms with Crippen molar-refractivity contribution in [2.24, 2.45) is 0 Å². The molecule has 4 aromatic heterocycles. The lowest BCUT2D eigenvalue weighted by Crippen LogP contribution is -2.01. The van der Waals surface area contributed by atoms with E-state index in [4.69, 9.17) is 24.4 Å². The van der Waals surface area contributed by atoms with Crippen LogP contribution in [0.25, 0.3) is 109 Å². The molecule has 0 atom stereocenters. The van der Waals surface area contributed by atoms with E-state index in [-0.39, 0.29) is 0 Å². The third kappa shape index (κ3) is 4.41. The van der Waals surface area contributed by atoms with Gasteiger partial charge in [0.2, 0.25) is 0 Å². The summed E-state index contributed by atoms with van der Waals surface area (Å²) in [6, 6.07) is 54.3. The number of nitrogens with zero attached hydrogens (tertiary/aromatic N) is 4. The summed E-state index contributed by atoms with van der Waals surface area (Å²) in [5.41, 5.74) is 7.35. The zero-order chi connectivity index (χ0) is 34.2. The summed E-state index contributed by atoms with van der Waals surface area (Å²) in [5, 5.41) is 7.60. The quantitative estimate of drug-likeness (QED) is 0.185. The highest BCUT2D eigenvalue weighted by atomic mass is 32.1. The number of hydrogen-bond donors (Lipinski definition) is 0. The van der Waals surface area contributed by atoms with Crippen molar-refractivity contribution in [3.63, 3.8) is 0 Å². The number of pyridine rings is 1. The Balaban J connectivity index is 1.17. The highest BCUT2D eigenvalue weighted by Crippen LogP contribution is 2.44. The second-order valence-electron chi connectivity index (χ2n) is 12.9. The summed E-state index contributed by atoms with van der Waals surface area (Å²) < 4.78 is 8.93. The van der Waals surface area contributed by atoms with Gasteiger partial charge in [0.1, 0.15) is 11.2 Å². The summed E-state index contributed by atoms with van der Waals surface area (Å²) >= 11 is 1.78. The smallest absolute Gasteiger partial charge is 0.165 e. The predicted molar refractivity (Wildman–Crippen MR) is 215 cm³/mol. The minimum Gasteiger partial charge on any atom is -0.455 e. The topological polar surface area (TPSA) is 64.7 Å². The molecule has 0 fully saturated rings. The van der Waals surface area contributed by atoms with E-state index in [1.165, 1.54) is 20.2 Å². The van der Waals surface area contributed by atoms with Gasteiger partial charge in [0.15, 0.2) is 17.5 Å². The number of para-hydroxylation sites is 2. The van der Waals surface area contributed by atoms with E-state index in [1.807, 2.05) is 42.5 Å². The molecule has 0 aliphatic heterocycles. The molecule has 7 aromatic carbocycles. The molecule has 0 radical (unpaired) electrons. The fraction of sp³-hybridized carbons (Fsp3) is 0. The molecule has 0 saturated heterocycles. The number of benzene rings is 7. The molecular formula is C46H26N4OS. The van der Waals surface area contributed by atoms with Crippen LogP contribution in [0, 0.1) is 0 Å². The van der Waals surface area contributed by atoms with E-state index >= 15 is 0 Å². The molecule has 0 N–H and O–H groups in total. The lowest BCUT2D eigenvalue weighted by molar-refractivity contribution is 0.672. The van der Waals surface area contributed by atoms with Crippen molar-refractivity contribution < 1.29 is 4.42 Å². The van der Waals surface area contributed by atoms with Crippen molar-refractivity contribution in [3.8, 4) is 45.4 Å². The second kappa shape index (κ2) is 11.4. The third-order valence-electron chi connectivity index (χ3n) is 9.95. The molecule has 11 rings (SSSR count). The van der Waals surface area contributed by atoms with E-state index < -0.39 is 0 Å². The summed E-state index contributed by atoms with van der Waals surface area (Å²) in [4.78, 5) is 20.8. The molecule has 4 heterocycles. The molecular weight excluding hydrogens is 657 g/mol. The van der Waals surface area contributed by atoms with Crippen LogP contribution in [0.15, 0.2) is 162 Å². The van der Waals surface area contributed by atoms with Gasteiger partial charge in [-0.05, 0) is 47.2 Å². The van der Waals surface area contributed by atoms with Crippen molar-refractivity contribution in [2.45, 2.75) is 0 Å². The third-order valence-corrected chi connectivity index (χ3v) is 11.2. The maximum atomic E-state index is 6.53. The van der Waals surface area contributed by atoms with Crippen LogP contribution < -0.4 is 0 Å². The van der Waals surface area contributed by atoms with Crippen molar-refractivity contribution in [1.29, 1.82) is 0 Å². The molecule has 5 nitrogen and oxygen atoms in total. The van der Waals surface area contributed by atoms with Gasteiger partial charge in [-0.2, -0.15) is 0 Å². The van der Waals surface area contributed by atoms with Gasteiger partial charge in [-0.3, -0.25) is 0 Å². The fourth-order valence-electron chi connectivity index (χ4n) is 7.56. The lowest BCUT2D eigenvalue weighted by atomic mass is 9.94. The first-order valence-corrected chi connectivity index (χ1v) is 18.0. The molecule has 0 saturated carbocycles. The molecule has 11 aromatic rings. The molecule has 0 unspecified atom stereocenters. The van der Waals surface area contributed by atoms with Gasteiger partial charge < -0.3 is 4.42 Å². The Morgan fingerprint density at radius 3 is 1.87 bits per heavy atom. The first-order valence-electron chi connectivity index (χ1n) is 17.2. The highest BCUT2D eigenvalue weighted by Gasteiger charge is 2.22.